The van der Waals surface area contributed by atoms with Crippen LogP contribution in [0.5, 0.6) is 0 Å². The topological polar surface area (TPSA) is 42.0 Å². The van der Waals surface area contributed by atoms with Crippen LogP contribution in [0.4, 0.5) is 0 Å². The molecule has 0 aliphatic rings. The second-order valence-corrected chi connectivity index (χ2v) is 3.67. The third kappa shape index (κ3) is 3.55. The highest BCUT2D eigenvalue weighted by Gasteiger charge is 2.04. The Morgan fingerprint density at radius 1 is 1.62 bits per heavy atom. The van der Waals surface area contributed by atoms with Crippen molar-refractivity contribution in [2.45, 2.75) is 26.2 Å². The number of amides is 1. The van der Waals surface area contributed by atoms with Crippen LogP contribution >= 0.6 is 11.5 Å². The molecule has 0 atom stereocenters. The van der Waals surface area contributed by atoms with Gasteiger partial charge < -0.3 is 5.32 Å². The second-order valence-electron chi connectivity index (χ2n) is 2.84. The van der Waals surface area contributed by atoms with E-state index in [1.54, 1.807) is 12.3 Å². The molecule has 0 fully saturated rings. The van der Waals surface area contributed by atoms with Crippen molar-refractivity contribution in [3.05, 3.63) is 17.1 Å². The number of unbranched alkanes of at least 4 members (excludes halogenated alkanes) is 2. The van der Waals surface area contributed by atoms with Crippen LogP contribution in [0.25, 0.3) is 0 Å². The molecule has 0 radical (unpaired) electrons. The third-order valence-corrected chi connectivity index (χ3v) is 2.47. The summed E-state index contributed by atoms with van der Waals surface area (Å²) in [6, 6.07) is 1.74. The zero-order valence-corrected chi connectivity index (χ0v) is 8.56. The van der Waals surface area contributed by atoms with E-state index in [0.717, 1.165) is 13.0 Å². The first kappa shape index (κ1) is 10.2. The Labute approximate surface area is 82.3 Å². The predicted octanol–water partition coefficient (Wildman–Crippen LogP) is 2.06. The first-order chi connectivity index (χ1) is 6.34. The number of nitrogens with one attached hydrogen (secondary N) is 1. The summed E-state index contributed by atoms with van der Waals surface area (Å²) in [7, 11) is 0. The van der Waals surface area contributed by atoms with Crippen molar-refractivity contribution in [2.75, 3.05) is 6.54 Å². The van der Waals surface area contributed by atoms with Gasteiger partial charge in [0.15, 0.2) is 0 Å². The predicted molar refractivity (Wildman–Crippen MR) is 54.0 cm³/mol. The normalized spacial score (nSPS) is 9.92. The number of hydrogen-bond donors (Lipinski definition) is 1. The molecule has 0 saturated heterocycles. The molecule has 0 aliphatic carbocycles. The first-order valence-corrected chi connectivity index (χ1v) is 5.31. The fourth-order valence-corrected chi connectivity index (χ4v) is 1.51. The van der Waals surface area contributed by atoms with Crippen molar-refractivity contribution in [3.63, 3.8) is 0 Å². The summed E-state index contributed by atoms with van der Waals surface area (Å²) >= 11 is 1.23. The molecule has 13 heavy (non-hydrogen) atoms. The van der Waals surface area contributed by atoms with Gasteiger partial charge in [0.1, 0.15) is 4.88 Å². The molecule has 4 heteroatoms. The van der Waals surface area contributed by atoms with Gasteiger partial charge in [-0.3, -0.25) is 4.79 Å². The fraction of sp³-hybridized carbons (Fsp3) is 0.556. The third-order valence-electron chi connectivity index (χ3n) is 1.73. The van der Waals surface area contributed by atoms with E-state index in [1.807, 2.05) is 0 Å². The minimum Gasteiger partial charge on any atom is -0.351 e. The molecule has 1 N–H and O–H groups in total. The van der Waals surface area contributed by atoms with Crippen molar-refractivity contribution >= 4 is 17.4 Å². The van der Waals surface area contributed by atoms with Crippen molar-refractivity contribution in [2.24, 2.45) is 0 Å². The van der Waals surface area contributed by atoms with Crippen molar-refractivity contribution < 1.29 is 4.79 Å². The monoisotopic (exact) mass is 198 g/mol. The maximum Gasteiger partial charge on any atom is 0.262 e. The van der Waals surface area contributed by atoms with Crippen LogP contribution in [0.1, 0.15) is 35.9 Å². The van der Waals surface area contributed by atoms with Gasteiger partial charge in [0.25, 0.3) is 5.91 Å². The summed E-state index contributed by atoms with van der Waals surface area (Å²) in [5, 5.41) is 2.85. The number of carbonyl (C=O) groups is 1. The van der Waals surface area contributed by atoms with Crippen molar-refractivity contribution in [1.29, 1.82) is 0 Å². The molecule has 0 spiro atoms. The maximum atomic E-state index is 11.3. The van der Waals surface area contributed by atoms with E-state index in [0.29, 0.717) is 4.88 Å². The minimum absolute atomic E-state index is 0.00129. The summed E-state index contributed by atoms with van der Waals surface area (Å²) in [5.74, 6) is -0.00129. The maximum absolute atomic E-state index is 11.3. The molecule has 1 amide bonds. The number of aromatic nitrogens is 1. The zero-order valence-electron chi connectivity index (χ0n) is 7.75. The second kappa shape index (κ2) is 5.70. The van der Waals surface area contributed by atoms with E-state index in [2.05, 4.69) is 16.6 Å². The lowest BCUT2D eigenvalue weighted by Gasteiger charge is -2.01. The van der Waals surface area contributed by atoms with E-state index in [1.165, 1.54) is 24.4 Å². The Bertz CT molecular complexity index is 246. The van der Waals surface area contributed by atoms with Gasteiger partial charge >= 0.3 is 0 Å². The van der Waals surface area contributed by atoms with Crippen LogP contribution in [-0.2, 0) is 0 Å². The minimum atomic E-state index is -0.00129. The van der Waals surface area contributed by atoms with Crippen LogP contribution in [0.3, 0.4) is 0 Å². The van der Waals surface area contributed by atoms with Crippen LogP contribution in [0.15, 0.2) is 12.3 Å². The molecule has 0 bridgehead atoms. The lowest BCUT2D eigenvalue weighted by Crippen LogP contribution is -2.23. The van der Waals surface area contributed by atoms with Gasteiger partial charge in [-0.25, -0.2) is 4.37 Å². The average molecular weight is 198 g/mol. The van der Waals surface area contributed by atoms with Gasteiger partial charge in [0.05, 0.1) is 0 Å². The number of hydrogen-bond acceptors (Lipinski definition) is 3. The lowest BCUT2D eigenvalue weighted by atomic mass is 10.2. The molecule has 72 valence electrons. The number of carbonyl (C=O) groups excluding carboxylic acids is 1. The van der Waals surface area contributed by atoms with E-state index in [4.69, 9.17) is 0 Å². The van der Waals surface area contributed by atoms with Gasteiger partial charge in [0.2, 0.25) is 0 Å². The van der Waals surface area contributed by atoms with Crippen LogP contribution < -0.4 is 5.32 Å². The largest absolute Gasteiger partial charge is 0.351 e. The summed E-state index contributed by atoms with van der Waals surface area (Å²) in [6.45, 7) is 2.91. The van der Waals surface area contributed by atoms with Crippen molar-refractivity contribution in [3.8, 4) is 0 Å². The average Bonchev–Trinajstić information content (AvgIpc) is 2.65. The van der Waals surface area contributed by atoms with E-state index in [-0.39, 0.29) is 5.91 Å². The molecule has 0 saturated carbocycles. The van der Waals surface area contributed by atoms with Gasteiger partial charge in [-0.15, -0.1) is 0 Å². The Morgan fingerprint density at radius 2 is 2.46 bits per heavy atom. The number of nitrogens with zero attached hydrogens (tertiary/aromatic N) is 1. The highest BCUT2D eigenvalue weighted by Crippen LogP contribution is 2.03. The standard InChI is InChI=1S/C9H14N2OS/c1-2-3-4-6-10-9(12)8-5-7-11-13-8/h5,7H,2-4,6H2,1H3,(H,10,12). The Morgan fingerprint density at radius 3 is 3.08 bits per heavy atom. The highest BCUT2D eigenvalue weighted by molar-refractivity contribution is 7.08. The summed E-state index contributed by atoms with van der Waals surface area (Å²) < 4.78 is 3.87. The molecule has 1 heterocycles. The SMILES string of the molecule is CCCCCNC(=O)c1ccns1. The molecular weight excluding hydrogens is 184 g/mol. The molecule has 0 unspecified atom stereocenters. The fourth-order valence-electron chi connectivity index (χ4n) is 0.997. The van der Waals surface area contributed by atoms with E-state index < -0.39 is 0 Å². The molecule has 1 rings (SSSR count). The molecule has 1 aromatic rings. The van der Waals surface area contributed by atoms with E-state index in [9.17, 15) is 4.79 Å². The molecule has 0 aromatic carbocycles. The summed E-state index contributed by atoms with van der Waals surface area (Å²) in [4.78, 5) is 12.0. The molecule has 1 aromatic heterocycles. The Balaban J connectivity index is 2.19. The summed E-state index contributed by atoms with van der Waals surface area (Å²) in [6.07, 6.45) is 5.05. The van der Waals surface area contributed by atoms with Gasteiger partial charge in [-0.2, -0.15) is 0 Å². The first-order valence-electron chi connectivity index (χ1n) is 4.53. The summed E-state index contributed by atoms with van der Waals surface area (Å²) in [5.41, 5.74) is 0. The smallest absolute Gasteiger partial charge is 0.262 e. The van der Waals surface area contributed by atoms with Crippen LogP contribution in [0.2, 0.25) is 0 Å². The molecule has 0 aliphatic heterocycles. The van der Waals surface area contributed by atoms with Gasteiger partial charge in [-0.1, -0.05) is 19.8 Å². The quantitative estimate of drug-likeness (QED) is 0.736. The zero-order chi connectivity index (χ0) is 9.52. The van der Waals surface area contributed by atoms with Crippen LogP contribution in [-0.4, -0.2) is 16.8 Å². The molecule has 3 nitrogen and oxygen atoms in total. The molecular formula is C9H14N2OS. The van der Waals surface area contributed by atoms with E-state index >= 15 is 0 Å². The van der Waals surface area contributed by atoms with Gasteiger partial charge in [-0.05, 0) is 24.0 Å². The highest BCUT2D eigenvalue weighted by atomic mass is 32.1. The Kier molecular flexibility index (Phi) is 4.46. The van der Waals surface area contributed by atoms with Crippen molar-refractivity contribution in [1.82, 2.24) is 9.69 Å². The van der Waals surface area contributed by atoms with Crippen LogP contribution in [0, 0.1) is 0 Å². The van der Waals surface area contributed by atoms with Gasteiger partial charge in [0, 0.05) is 12.7 Å². The number of rotatable bonds is 5. The Hall–Kier alpha value is -0.900. The lowest BCUT2D eigenvalue weighted by molar-refractivity contribution is 0.0957.